The van der Waals surface area contributed by atoms with Gasteiger partial charge in [-0.2, -0.15) is 18.4 Å². The van der Waals surface area contributed by atoms with Crippen LogP contribution in [-0.2, 0) is 6.18 Å². The van der Waals surface area contributed by atoms with Crippen molar-refractivity contribution in [3.8, 4) is 6.07 Å². The molecular formula is C28H24F6N2. The minimum atomic E-state index is -4.48. The molecule has 4 rings (SSSR count). The zero-order chi connectivity index (χ0) is 26.3. The van der Waals surface area contributed by atoms with E-state index in [4.69, 9.17) is 0 Å². The molecule has 0 bridgehead atoms. The molecule has 3 aromatic carbocycles. The second kappa shape index (κ2) is 9.62. The summed E-state index contributed by atoms with van der Waals surface area (Å²) < 4.78 is 82.5. The summed E-state index contributed by atoms with van der Waals surface area (Å²) in [5.74, 6) is -2.65. The van der Waals surface area contributed by atoms with E-state index in [1.807, 2.05) is 4.90 Å². The number of hydrogen-bond donors (Lipinski definition) is 0. The zero-order valence-electron chi connectivity index (χ0n) is 19.7. The molecule has 0 aliphatic carbocycles. The number of alkyl halides is 4. The predicted octanol–water partition coefficient (Wildman–Crippen LogP) is 7.41. The van der Waals surface area contributed by atoms with Crippen LogP contribution in [0.2, 0.25) is 0 Å². The highest BCUT2D eigenvalue weighted by molar-refractivity contribution is 5.40. The van der Waals surface area contributed by atoms with Gasteiger partial charge in [-0.25, -0.2) is 13.2 Å². The van der Waals surface area contributed by atoms with E-state index in [1.165, 1.54) is 26.0 Å². The number of hydrogen-bond acceptors (Lipinski definition) is 2. The smallest absolute Gasteiger partial charge is 0.292 e. The molecule has 8 heteroatoms. The Labute approximate surface area is 205 Å². The second-order valence-electron chi connectivity index (χ2n) is 9.72. The molecule has 0 aromatic heterocycles. The van der Waals surface area contributed by atoms with E-state index in [0.29, 0.717) is 29.8 Å². The fourth-order valence-corrected chi connectivity index (χ4v) is 5.20. The molecule has 2 unspecified atom stereocenters. The monoisotopic (exact) mass is 502 g/mol. The Balaban J connectivity index is 1.67. The van der Waals surface area contributed by atoms with Crippen molar-refractivity contribution in [1.29, 1.82) is 5.26 Å². The minimum absolute atomic E-state index is 0.224. The number of halogens is 6. The summed E-state index contributed by atoms with van der Waals surface area (Å²) in [6, 6.07) is 16.2. The van der Waals surface area contributed by atoms with Crippen LogP contribution in [0.15, 0.2) is 66.7 Å². The quantitative estimate of drug-likeness (QED) is 0.328. The third-order valence-corrected chi connectivity index (χ3v) is 6.64. The van der Waals surface area contributed by atoms with Gasteiger partial charge in [-0.05, 0) is 72.9 Å². The van der Waals surface area contributed by atoms with Crippen LogP contribution in [-0.4, -0.2) is 23.7 Å². The molecule has 1 aliphatic rings. The van der Waals surface area contributed by atoms with Crippen LogP contribution < -0.4 is 0 Å². The van der Waals surface area contributed by atoms with Gasteiger partial charge in [0.1, 0.15) is 17.3 Å². The van der Waals surface area contributed by atoms with Gasteiger partial charge < -0.3 is 0 Å². The molecule has 0 N–H and O–H groups in total. The normalized spacial score (nSPS) is 16.8. The van der Waals surface area contributed by atoms with E-state index < -0.39 is 41.0 Å². The Hall–Kier alpha value is -3.31. The van der Waals surface area contributed by atoms with E-state index in [2.05, 4.69) is 6.07 Å². The Morgan fingerprint density at radius 2 is 1.44 bits per heavy atom. The largest absolute Gasteiger partial charge is 0.416 e. The summed E-state index contributed by atoms with van der Waals surface area (Å²) in [6.45, 7) is 3.43. The lowest BCUT2D eigenvalue weighted by Gasteiger charge is -2.50. The molecular weight excluding hydrogens is 478 g/mol. The zero-order valence-corrected chi connectivity index (χ0v) is 19.7. The molecule has 2 nitrogen and oxygen atoms in total. The molecule has 1 heterocycles. The SMILES string of the molecule is CC(C)(F)C(c1cc(F)cc(F)c1)C1CN(C(c2ccc(C(F)(F)F)cc2)c2cccc(C#N)c2)C1. The van der Waals surface area contributed by atoms with Crippen molar-refractivity contribution >= 4 is 0 Å². The number of nitrogens with zero attached hydrogens (tertiary/aromatic N) is 2. The number of benzene rings is 3. The van der Waals surface area contributed by atoms with Gasteiger partial charge in [-0.3, -0.25) is 4.90 Å². The fraction of sp³-hybridized carbons (Fsp3) is 0.321. The van der Waals surface area contributed by atoms with Gasteiger partial charge in [-0.1, -0.05) is 24.3 Å². The van der Waals surface area contributed by atoms with Crippen molar-refractivity contribution in [2.75, 3.05) is 13.1 Å². The molecule has 1 saturated heterocycles. The van der Waals surface area contributed by atoms with Crippen LogP contribution in [0, 0.1) is 28.9 Å². The van der Waals surface area contributed by atoms with Crippen molar-refractivity contribution < 1.29 is 26.3 Å². The summed E-state index contributed by atoms with van der Waals surface area (Å²) in [5, 5.41) is 9.33. The minimum Gasteiger partial charge on any atom is -0.292 e. The number of nitriles is 1. The Morgan fingerprint density at radius 1 is 0.833 bits per heavy atom. The number of rotatable bonds is 6. The molecule has 2 atom stereocenters. The van der Waals surface area contributed by atoms with Crippen LogP contribution >= 0.6 is 0 Å². The summed E-state index contributed by atoms with van der Waals surface area (Å²) in [7, 11) is 0. The maximum atomic E-state index is 15.3. The van der Waals surface area contributed by atoms with Crippen LogP contribution in [0.3, 0.4) is 0 Å². The molecule has 0 saturated carbocycles. The molecule has 0 radical (unpaired) electrons. The van der Waals surface area contributed by atoms with Gasteiger partial charge in [-0.15, -0.1) is 0 Å². The average molecular weight is 503 g/mol. The summed E-state index contributed by atoms with van der Waals surface area (Å²) >= 11 is 0. The average Bonchev–Trinajstić information content (AvgIpc) is 2.76. The van der Waals surface area contributed by atoms with Gasteiger partial charge in [0, 0.05) is 25.1 Å². The standard InChI is InChI=1S/C28H24F6N2/c1-27(2,31)25(20-11-23(29)13-24(30)12-20)21-15-36(16-21)26(19-5-3-4-17(10-19)14-35)18-6-8-22(9-7-18)28(32,33)34/h3-13,21,25-26H,15-16H2,1-2H3. The lowest BCUT2D eigenvalue weighted by molar-refractivity contribution is -0.137. The van der Waals surface area contributed by atoms with E-state index in [1.54, 1.807) is 24.3 Å². The van der Waals surface area contributed by atoms with Crippen molar-refractivity contribution in [2.45, 2.75) is 37.7 Å². The van der Waals surface area contributed by atoms with Crippen molar-refractivity contribution in [3.05, 3.63) is 106 Å². The van der Waals surface area contributed by atoms with Gasteiger partial charge in [0.15, 0.2) is 0 Å². The van der Waals surface area contributed by atoms with Crippen LogP contribution in [0.1, 0.15) is 53.6 Å². The highest BCUT2D eigenvalue weighted by Gasteiger charge is 2.45. The van der Waals surface area contributed by atoms with Crippen molar-refractivity contribution in [3.63, 3.8) is 0 Å². The summed E-state index contributed by atoms with van der Waals surface area (Å²) in [6.07, 6.45) is -4.48. The fourth-order valence-electron chi connectivity index (χ4n) is 5.20. The first kappa shape index (κ1) is 25.8. The van der Waals surface area contributed by atoms with E-state index in [9.17, 15) is 27.2 Å². The molecule has 188 valence electrons. The van der Waals surface area contributed by atoms with Gasteiger partial charge >= 0.3 is 6.18 Å². The molecule has 0 spiro atoms. The molecule has 3 aromatic rings. The molecule has 1 fully saturated rings. The highest BCUT2D eigenvalue weighted by atomic mass is 19.4. The number of likely N-dealkylation sites (tertiary alicyclic amines) is 1. The lowest BCUT2D eigenvalue weighted by Crippen LogP contribution is -2.53. The van der Waals surface area contributed by atoms with Gasteiger partial charge in [0.25, 0.3) is 0 Å². The third kappa shape index (κ3) is 5.41. The molecule has 1 aliphatic heterocycles. The Kier molecular flexibility index (Phi) is 6.89. The van der Waals surface area contributed by atoms with Crippen LogP contribution in [0.4, 0.5) is 26.3 Å². The topological polar surface area (TPSA) is 27.0 Å². The lowest BCUT2D eigenvalue weighted by atomic mass is 9.72. The van der Waals surface area contributed by atoms with Crippen molar-refractivity contribution in [1.82, 2.24) is 4.90 Å². The summed E-state index contributed by atoms with van der Waals surface area (Å²) in [5.41, 5.74) is -0.627. The first-order valence-electron chi connectivity index (χ1n) is 11.4. The maximum absolute atomic E-state index is 15.3. The predicted molar refractivity (Wildman–Crippen MR) is 124 cm³/mol. The van der Waals surface area contributed by atoms with E-state index in [0.717, 1.165) is 30.3 Å². The van der Waals surface area contributed by atoms with Gasteiger partial charge in [0.05, 0.1) is 23.2 Å². The van der Waals surface area contributed by atoms with E-state index >= 15 is 4.39 Å². The third-order valence-electron chi connectivity index (χ3n) is 6.64. The highest BCUT2D eigenvalue weighted by Crippen LogP contribution is 2.46. The Bertz CT molecular complexity index is 1240. The molecule has 36 heavy (non-hydrogen) atoms. The van der Waals surface area contributed by atoms with Crippen LogP contribution in [0.25, 0.3) is 0 Å². The van der Waals surface area contributed by atoms with Gasteiger partial charge in [0.2, 0.25) is 0 Å². The van der Waals surface area contributed by atoms with Crippen molar-refractivity contribution in [2.24, 2.45) is 5.92 Å². The first-order valence-corrected chi connectivity index (χ1v) is 11.4. The first-order chi connectivity index (χ1) is 16.9. The Morgan fingerprint density at radius 3 is 1.97 bits per heavy atom. The van der Waals surface area contributed by atoms with E-state index in [-0.39, 0.29) is 11.5 Å². The second-order valence-corrected chi connectivity index (χ2v) is 9.72. The summed E-state index contributed by atoms with van der Waals surface area (Å²) in [4.78, 5) is 1.97. The van der Waals surface area contributed by atoms with Crippen LogP contribution in [0.5, 0.6) is 0 Å². The maximum Gasteiger partial charge on any atom is 0.416 e. The molecule has 0 amide bonds.